The highest BCUT2D eigenvalue weighted by Crippen LogP contribution is 2.37. The predicted molar refractivity (Wildman–Crippen MR) is 66.5 cm³/mol. The van der Waals surface area contributed by atoms with Gasteiger partial charge in [0.05, 0.1) is 0 Å². The van der Waals surface area contributed by atoms with Gasteiger partial charge in [-0.1, -0.05) is 13.0 Å². The molecule has 1 heterocycles. The van der Waals surface area contributed by atoms with Gasteiger partial charge in [0.15, 0.2) is 11.5 Å². The Balaban J connectivity index is 1.61. The Morgan fingerprint density at radius 2 is 2.06 bits per heavy atom. The molecule has 1 N–H and O–H groups in total. The molecule has 1 amide bonds. The van der Waals surface area contributed by atoms with Crippen molar-refractivity contribution >= 4 is 5.91 Å². The molecule has 3 rings (SSSR count). The van der Waals surface area contributed by atoms with Crippen molar-refractivity contribution in [3.05, 3.63) is 23.8 Å². The van der Waals surface area contributed by atoms with Crippen LogP contribution in [0.1, 0.15) is 18.9 Å². The second-order valence-electron chi connectivity index (χ2n) is 5.02. The fourth-order valence-electron chi connectivity index (χ4n) is 2.21. The Kier molecular flexibility index (Phi) is 2.86. The number of ether oxygens (including phenoxy) is 2. The Bertz CT molecular complexity index is 472. The third-order valence-electron chi connectivity index (χ3n) is 3.52. The first-order valence-corrected chi connectivity index (χ1v) is 6.40. The quantitative estimate of drug-likeness (QED) is 0.885. The van der Waals surface area contributed by atoms with Gasteiger partial charge in [0.25, 0.3) is 0 Å². The summed E-state index contributed by atoms with van der Waals surface area (Å²) < 4.78 is 11.0. The molecule has 0 spiro atoms. The molecule has 1 aromatic rings. The van der Waals surface area contributed by atoms with E-state index < -0.39 is 0 Å². The van der Waals surface area contributed by atoms with E-state index in [2.05, 4.69) is 12.2 Å². The summed E-state index contributed by atoms with van der Waals surface area (Å²) in [6.07, 6.45) is 1.02. The zero-order chi connectivity index (χ0) is 12.5. The zero-order valence-electron chi connectivity index (χ0n) is 10.4. The second-order valence-corrected chi connectivity index (χ2v) is 5.02. The van der Waals surface area contributed by atoms with Crippen molar-refractivity contribution in [2.75, 3.05) is 13.2 Å². The molecular formula is C14H17NO3. The van der Waals surface area contributed by atoms with Crippen LogP contribution in [0, 0.1) is 11.8 Å². The molecule has 1 fully saturated rings. The lowest BCUT2D eigenvalue weighted by Crippen LogP contribution is -2.25. The van der Waals surface area contributed by atoms with Crippen LogP contribution < -0.4 is 14.8 Å². The SMILES string of the molecule is CC1CC1C(=O)NCc1ccc2c(c1)OCCO2. The number of nitrogens with one attached hydrogen (secondary N) is 1. The highest BCUT2D eigenvalue weighted by Gasteiger charge is 2.38. The highest BCUT2D eigenvalue weighted by molar-refractivity contribution is 5.81. The van der Waals surface area contributed by atoms with Gasteiger partial charge in [-0.05, 0) is 30.0 Å². The predicted octanol–water partition coefficient (Wildman–Crippen LogP) is 1.73. The van der Waals surface area contributed by atoms with Crippen LogP contribution in [0.4, 0.5) is 0 Å². The molecule has 18 heavy (non-hydrogen) atoms. The van der Waals surface area contributed by atoms with Crippen molar-refractivity contribution in [2.45, 2.75) is 19.9 Å². The van der Waals surface area contributed by atoms with Gasteiger partial charge in [-0.25, -0.2) is 0 Å². The van der Waals surface area contributed by atoms with Crippen molar-refractivity contribution in [2.24, 2.45) is 11.8 Å². The van der Waals surface area contributed by atoms with Crippen LogP contribution >= 0.6 is 0 Å². The molecular weight excluding hydrogens is 230 g/mol. The van der Waals surface area contributed by atoms with E-state index in [1.165, 1.54) is 0 Å². The minimum Gasteiger partial charge on any atom is -0.486 e. The maximum absolute atomic E-state index is 11.7. The molecule has 2 atom stereocenters. The van der Waals surface area contributed by atoms with E-state index in [1.807, 2.05) is 18.2 Å². The number of rotatable bonds is 3. The third-order valence-corrected chi connectivity index (χ3v) is 3.52. The number of carbonyl (C=O) groups is 1. The summed E-state index contributed by atoms with van der Waals surface area (Å²) in [4.78, 5) is 11.7. The van der Waals surface area contributed by atoms with E-state index in [9.17, 15) is 4.79 Å². The normalized spacial score (nSPS) is 24.5. The van der Waals surface area contributed by atoms with Gasteiger partial charge in [-0.15, -0.1) is 0 Å². The molecule has 0 bridgehead atoms. The number of fused-ring (bicyclic) bond motifs is 1. The largest absolute Gasteiger partial charge is 0.486 e. The number of hydrogen-bond acceptors (Lipinski definition) is 3. The third kappa shape index (κ3) is 2.28. The Hall–Kier alpha value is -1.71. The molecule has 1 saturated carbocycles. The summed E-state index contributed by atoms with van der Waals surface area (Å²) in [6.45, 7) is 3.85. The molecule has 1 aromatic carbocycles. The molecule has 0 radical (unpaired) electrons. The first-order chi connectivity index (χ1) is 8.74. The fraction of sp³-hybridized carbons (Fsp3) is 0.500. The van der Waals surface area contributed by atoms with Crippen LogP contribution in [-0.4, -0.2) is 19.1 Å². The number of hydrogen-bond donors (Lipinski definition) is 1. The fourth-order valence-corrected chi connectivity index (χ4v) is 2.21. The molecule has 0 aromatic heterocycles. The Morgan fingerprint density at radius 1 is 1.33 bits per heavy atom. The molecule has 4 heteroatoms. The van der Waals surface area contributed by atoms with Crippen LogP contribution in [0.3, 0.4) is 0 Å². The first kappa shape index (κ1) is 11.4. The summed E-state index contributed by atoms with van der Waals surface area (Å²) in [5.41, 5.74) is 1.04. The van der Waals surface area contributed by atoms with Crippen LogP contribution in [0.25, 0.3) is 0 Å². The summed E-state index contributed by atoms with van der Waals surface area (Å²) in [6, 6.07) is 5.80. The lowest BCUT2D eigenvalue weighted by atomic mass is 10.2. The van der Waals surface area contributed by atoms with Crippen molar-refractivity contribution in [3.8, 4) is 11.5 Å². The van der Waals surface area contributed by atoms with Crippen molar-refractivity contribution in [1.82, 2.24) is 5.32 Å². The Labute approximate surface area is 106 Å². The van der Waals surface area contributed by atoms with E-state index in [0.717, 1.165) is 23.5 Å². The summed E-state index contributed by atoms with van der Waals surface area (Å²) in [5.74, 6) is 2.49. The molecule has 1 aliphatic carbocycles. The lowest BCUT2D eigenvalue weighted by molar-refractivity contribution is -0.122. The monoisotopic (exact) mass is 247 g/mol. The van der Waals surface area contributed by atoms with Gasteiger partial charge in [0.1, 0.15) is 13.2 Å². The van der Waals surface area contributed by atoms with Gasteiger partial charge in [0, 0.05) is 12.5 Å². The zero-order valence-corrected chi connectivity index (χ0v) is 10.4. The van der Waals surface area contributed by atoms with Gasteiger partial charge in [-0.2, -0.15) is 0 Å². The first-order valence-electron chi connectivity index (χ1n) is 6.40. The van der Waals surface area contributed by atoms with E-state index in [-0.39, 0.29) is 11.8 Å². The van der Waals surface area contributed by atoms with E-state index in [0.29, 0.717) is 25.7 Å². The molecule has 4 nitrogen and oxygen atoms in total. The number of carbonyl (C=O) groups excluding carboxylic acids is 1. The minimum atomic E-state index is 0.164. The topological polar surface area (TPSA) is 47.6 Å². The minimum absolute atomic E-state index is 0.164. The van der Waals surface area contributed by atoms with Gasteiger partial charge in [-0.3, -0.25) is 4.79 Å². The molecule has 96 valence electrons. The second kappa shape index (κ2) is 4.52. The molecule has 2 unspecified atom stereocenters. The van der Waals surface area contributed by atoms with Crippen LogP contribution in [0.5, 0.6) is 11.5 Å². The van der Waals surface area contributed by atoms with Crippen molar-refractivity contribution in [3.63, 3.8) is 0 Å². The van der Waals surface area contributed by atoms with Crippen LogP contribution in [0.2, 0.25) is 0 Å². The molecule has 0 saturated heterocycles. The van der Waals surface area contributed by atoms with Crippen LogP contribution in [-0.2, 0) is 11.3 Å². The number of amides is 1. The maximum Gasteiger partial charge on any atom is 0.223 e. The van der Waals surface area contributed by atoms with E-state index in [1.54, 1.807) is 0 Å². The average molecular weight is 247 g/mol. The molecule has 2 aliphatic rings. The van der Waals surface area contributed by atoms with Crippen molar-refractivity contribution in [1.29, 1.82) is 0 Å². The average Bonchev–Trinajstić information content (AvgIpc) is 3.13. The summed E-state index contributed by atoms with van der Waals surface area (Å²) in [5, 5.41) is 2.96. The highest BCUT2D eigenvalue weighted by atomic mass is 16.6. The van der Waals surface area contributed by atoms with E-state index >= 15 is 0 Å². The summed E-state index contributed by atoms with van der Waals surface area (Å²) >= 11 is 0. The lowest BCUT2D eigenvalue weighted by Gasteiger charge is -2.19. The number of benzene rings is 1. The molecule has 1 aliphatic heterocycles. The maximum atomic E-state index is 11.7. The Morgan fingerprint density at radius 3 is 2.78 bits per heavy atom. The smallest absolute Gasteiger partial charge is 0.223 e. The summed E-state index contributed by atoms with van der Waals surface area (Å²) in [7, 11) is 0. The van der Waals surface area contributed by atoms with E-state index in [4.69, 9.17) is 9.47 Å². The van der Waals surface area contributed by atoms with Gasteiger partial charge < -0.3 is 14.8 Å². The van der Waals surface area contributed by atoms with Crippen LogP contribution in [0.15, 0.2) is 18.2 Å². The van der Waals surface area contributed by atoms with Gasteiger partial charge in [0.2, 0.25) is 5.91 Å². The van der Waals surface area contributed by atoms with Gasteiger partial charge >= 0.3 is 0 Å². The van der Waals surface area contributed by atoms with Crippen molar-refractivity contribution < 1.29 is 14.3 Å². The standard InChI is InChI=1S/C14H17NO3/c1-9-6-11(9)14(16)15-8-10-2-3-12-13(7-10)18-5-4-17-12/h2-3,7,9,11H,4-6,8H2,1H3,(H,15,16).